The molecule has 0 bridgehead atoms. The van der Waals surface area contributed by atoms with Crippen molar-refractivity contribution in [2.45, 2.75) is 6.54 Å². The van der Waals surface area contributed by atoms with Gasteiger partial charge in [-0.3, -0.25) is 4.90 Å². The van der Waals surface area contributed by atoms with E-state index >= 15 is 0 Å². The number of nitrogens with zero attached hydrogens (tertiary/aromatic N) is 2. The average Bonchev–Trinajstić information content (AvgIpc) is 2.65. The molecular formula is C11H12N2O2. The van der Waals surface area contributed by atoms with Crippen LogP contribution in [-0.4, -0.2) is 25.3 Å². The summed E-state index contributed by atoms with van der Waals surface area (Å²) < 4.78 is 10.5. The van der Waals surface area contributed by atoms with Gasteiger partial charge in [-0.05, 0) is 24.7 Å². The maximum absolute atomic E-state index is 8.53. The molecule has 1 aliphatic heterocycles. The number of nitriles is 1. The van der Waals surface area contributed by atoms with Crippen LogP contribution >= 0.6 is 0 Å². The molecular weight excluding hydrogens is 192 g/mol. The summed E-state index contributed by atoms with van der Waals surface area (Å²) in [4.78, 5) is 1.94. The Bertz CT molecular complexity index is 398. The third kappa shape index (κ3) is 2.20. The minimum atomic E-state index is 0.298. The zero-order chi connectivity index (χ0) is 10.7. The smallest absolute Gasteiger partial charge is 0.231 e. The van der Waals surface area contributed by atoms with Gasteiger partial charge in [-0.15, -0.1) is 0 Å². The highest BCUT2D eigenvalue weighted by molar-refractivity contribution is 5.44. The van der Waals surface area contributed by atoms with Gasteiger partial charge in [0, 0.05) is 6.54 Å². The first-order chi connectivity index (χ1) is 7.29. The molecule has 2 rings (SSSR count). The molecule has 4 nitrogen and oxygen atoms in total. The summed E-state index contributed by atoms with van der Waals surface area (Å²) >= 11 is 0. The zero-order valence-electron chi connectivity index (χ0n) is 8.56. The normalized spacial score (nSPS) is 12.9. The second-order valence-corrected chi connectivity index (χ2v) is 3.52. The Morgan fingerprint density at radius 1 is 1.40 bits per heavy atom. The summed E-state index contributed by atoms with van der Waals surface area (Å²) in [5.74, 6) is 1.58. The Morgan fingerprint density at radius 2 is 2.20 bits per heavy atom. The van der Waals surface area contributed by atoms with Gasteiger partial charge in [-0.1, -0.05) is 6.07 Å². The van der Waals surface area contributed by atoms with Gasteiger partial charge in [0.25, 0.3) is 0 Å². The predicted octanol–water partition coefficient (Wildman–Crippen LogP) is 1.37. The van der Waals surface area contributed by atoms with Crippen LogP contribution in [0.25, 0.3) is 0 Å². The maximum atomic E-state index is 8.53. The second kappa shape index (κ2) is 4.20. The molecule has 0 radical (unpaired) electrons. The lowest BCUT2D eigenvalue weighted by atomic mass is 10.2. The zero-order valence-corrected chi connectivity index (χ0v) is 8.56. The van der Waals surface area contributed by atoms with Crippen molar-refractivity contribution in [3.8, 4) is 17.6 Å². The summed E-state index contributed by atoms with van der Waals surface area (Å²) in [5.41, 5.74) is 1.12. The lowest BCUT2D eigenvalue weighted by Gasteiger charge is -2.12. The largest absolute Gasteiger partial charge is 0.454 e. The molecule has 0 unspecified atom stereocenters. The van der Waals surface area contributed by atoms with Gasteiger partial charge < -0.3 is 9.47 Å². The first-order valence-electron chi connectivity index (χ1n) is 4.73. The summed E-state index contributed by atoms with van der Waals surface area (Å²) in [6.07, 6.45) is 0. The Balaban J connectivity index is 2.07. The van der Waals surface area contributed by atoms with E-state index in [0.29, 0.717) is 13.3 Å². The topological polar surface area (TPSA) is 45.5 Å². The molecule has 0 spiro atoms. The predicted molar refractivity (Wildman–Crippen MR) is 54.5 cm³/mol. The van der Waals surface area contributed by atoms with Crippen LogP contribution < -0.4 is 9.47 Å². The van der Waals surface area contributed by atoms with Gasteiger partial charge >= 0.3 is 0 Å². The van der Waals surface area contributed by atoms with Gasteiger partial charge in [0.15, 0.2) is 11.5 Å². The van der Waals surface area contributed by atoms with Crippen molar-refractivity contribution in [3.63, 3.8) is 0 Å². The van der Waals surface area contributed by atoms with E-state index in [-0.39, 0.29) is 0 Å². The fourth-order valence-corrected chi connectivity index (χ4v) is 1.53. The van der Waals surface area contributed by atoms with Crippen LogP contribution in [0.3, 0.4) is 0 Å². The van der Waals surface area contributed by atoms with Crippen molar-refractivity contribution in [2.75, 3.05) is 20.4 Å². The second-order valence-electron chi connectivity index (χ2n) is 3.52. The van der Waals surface area contributed by atoms with Crippen molar-refractivity contribution < 1.29 is 9.47 Å². The monoisotopic (exact) mass is 204 g/mol. The van der Waals surface area contributed by atoms with Gasteiger partial charge in [0.1, 0.15) is 0 Å². The van der Waals surface area contributed by atoms with Crippen LogP contribution in [0.4, 0.5) is 0 Å². The molecule has 0 aromatic heterocycles. The minimum absolute atomic E-state index is 0.298. The van der Waals surface area contributed by atoms with E-state index in [1.54, 1.807) is 0 Å². The first-order valence-corrected chi connectivity index (χ1v) is 4.73. The average molecular weight is 204 g/mol. The van der Waals surface area contributed by atoms with Crippen molar-refractivity contribution in [1.82, 2.24) is 4.90 Å². The molecule has 15 heavy (non-hydrogen) atoms. The molecule has 0 atom stereocenters. The van der Waals surface area contributed by atoms with E-state index in [2.05, 4.69) is 6.07 Å². The molecule has 1 aromatic carbocycles. The van der Waals surface area contributed by atoms with E-state index in [0.717, 1.165) is 23.6 Å². The quantitative estimate of drug-likeness (QED) is 0.697. The lowest BCUT2D eigenvalue weighted by Crippen LogP contribution is -2.17. The van der Waals surface area contributed by atoms with Crippen LogP contribution in [0.15, 0.2) is 18.2 Å². The molecule has 78 valence electrons. The number of fused-ring (bicyclic) bond motifs is 1. The molecule has 1 aromatic rings. The SMILES string of the molecule is CN(CC#N)Cc1ccc2c(c1)OCO2. The van der Waals surface area contributed by atoms with Gasteiger partial charge in [0.05, 0.1) is 12.6 Å². The molecule has 0 saturated carbocycles. The minimum Gasteiger partial charge on any atom is -0.454 e. The number of hydrogen-bond donors (Lipinski definition) is 0. The molecule has 0 saturated heterocycles. The van der Waals surface area contributed by atoms with Crippen LogP contribution in [0.5, 0.6) is 11.5 Å². The summed E-state index contributed by atoms with van der Waals surface area (Å²) in [7, 11) is 1.91. The standard InChI is InChI=1S/C11H12N2O2/c1-13(5-4-12)7-9-2-3-10-11(6-9)15-8-14-10/h2-3,6H,5,7-8H2,1H3. The van der Waals surface area contributed by atoms with Gasteiger partial charge in [0.2, 0.25) is 6.79 Å². The van der Waals surface area contributed by atoms with E-state index in [1.807, 2.05) is 30.1 Å². The molecule has 1 aliphatic rings. The van der Waals surface area contributed by atoms with Gasteiger partial charge in [-0.25, -0.2) is 0 Å². The fourth-order valence-electron chi connectivity index (χ4n) is 1.53. The van der Waals surface area contributed by atoms with Crippen molar-refractivity contribution >= 4 is 0 Å². The van der Waals surface area contributed by atoms with E-state index in [1.165, 1.54) is 0 Å². The summed E-state index contributed by atoms with van der Waals surface area (Å²) in [6, 6.07) is 7.95. The fraction of sp³-hybridized carbons (Fsp3) is 0.364. The number of benzene rings is 1. The van der Waals surface area contributed by atoms with Gasteiger partial charge in [-0.2, -0.15) is 5.26 Å². The third-order valence-electron chi connectivity index (χ3n) is 2.23. The molecule has 1 heterocycles. The van der Waals surface area contributed by atoms with Crippen molar-refractivity contribution in [1.29, 1.82) is 5.26 Å². The molecule has 0 N–H and O–H groups in total. The Kier molecular flexibility index (Phi) is 2.75. The van der Waals surface area contributed by atoms with E-state index < -0.39 is 0 Å². The highest BCUT2D eigenvalue weighted by Crippen LogP contribution is 2.32. The lowest BCUT2D eigenvalue weighted by molar-refractivity contribution is 0.174. The van der Waals surface area contributed by atoms with Crippen LogP contribution in [-0.2, 0) is 6.54 Å². The van der Waals surface area contributed by atoms with Crippen LogP contribution in [0, 0.1) is 11.3 Å². The summed E-state index contributed by atoms with van der Waals surface area (Å²) in [6.45, 7) is 1.46. The molecule has 4 heteroatoms. The summed E-state index contributed by atoms with van der Waals surface area (Å²) in [5, 5.41) is 8.53. The highest BCUT2D eigenvalue weighted by Gasteiger charge is 2.13. The number of ether oxygens (including phenoxy) is 2. The van der Waals surface area contributed by atoms with Crippen molar-refractivity contribution in [3.05, 3.63) is 23.8 Å². The maximum Gasteiger partial charge on any atom is 0.231 e. The Hall–Kier alpha value is -1.73. The first kappa shape index (κ1) is 9.81. The molecule has 0 fully saturated rings. The molecule has 0 aliphatic carbocycles. The highest BCUT2D eigenvalue weighted by atomic mass is 16.7. The van der Waals surface area contributed by atoms with Crippen LogP contribution in [0.2, 0.25) is 0 Å². The van der Waals surface area contributed by atoms with Crippen LogP contribution in [0.1, 0.15) is 5.56 Å². The Labute approximate surface area is 88.6 Å². The Morgan fingerprint density at radius 3 is 3.00 bits per heavy atom. The third-order valence-corrected chi connectivity index (χ3v) is 2.23. The van der Waals surface area contributed by atoms with E-state index in [9.17, 15) is 0 Å². The number of hydrogen-bond acceptors (Lipinski definition) is 4. The van der Waals surface area contributed by atoms with E-state index in [4.69, 9.17) is 14.7 Å². The number of rotatable bonds is 3. The van der Waals surface area contributed by atoms with Crippen molar-refractivity contribution in [2.24, 2.45) is 0 Å². The molecule has 0 amide bonds.